The molecule has 0 aromatic heterocycles. The number of benzene rings is 1. The molecule has 1 fully saturated rings. The first-order valence-corrected chi connectivity index (χ1v) is 8.41. The third kappa shape index (κ3) is 3.60. The molecule has 2 aliphatic rings. The van der Waals surface area contributed by atoms with E-state index in [1.165, 1.54) is 12.1 Å². The SMILES string of the molecule is C[C@@H]1CN(C(=O)COC(=O)CN2C(=O)c3ccccc3C2=O)C[C@@H](C)O1. The highest BCUT2D eigenvalue weighted by Gasteiger charge is 2.36. The Kier molecular flexibility index (Phi) is 5.03. The Hall–Kier alpha value is -2.74. The fourth-order valence-corrected chi connectivity index (χ4v) is 3.17. The van der Waals surface area contributed by atoms with Gasteiger partial charge in [0.25, 0.3) is 17.7 Å². The molecule has 1 aromatic rings. The second-order valence-electron chi connectivity index (χ2n) is 6.46. The van der Waals surface area contributed by atoms with Crippen molar-refractivity contribution in [2.75, 3.05) is 26.2 Å². The van der Waals surface area contributed by atoms with E-state index in [0.717, 1.165) is 4.90 Å². The van der Waals surface area contributed by atoms with Crippen LogP contribution in [0.3, 0.4) is 0 Å². The molecule has 138 valence electrons. The lowest BCUT2D eigenvalue weighted by Gasteiger charge is -2.35. The highest BCUT2D eigenvalue weighted by Crippen LogP contribution is 2.22. The van der Waals surface area contributed by atoms with Gasteiger partial charge in [-0.25, -0.2) is 0 Å². The third-order valence-corrected chi connectivity index (χ3v) is 4.29. The van der Waals surface area contributed by atoms with Crippen molar-refractivity contribution in [3.05, 3.63) is 35.4 Å². The zero-order valence-corrected chi connectivity index (χ0v) is 14.6. The van der Waals surface area contributed by atoms with Crippen molar-refractivity contribution in [1.29, 1.82) is 0 Å². The summed E-state index contributed by atoms with van der Waals surface area (Å²) in [6.07, 6.45) is -0.173. The van der Waals surface area contributed by atoms with Gasteiger partial charge < -0.3 is 14.4 Å². The van der Waals surface area contributed by atoms with Crippen LogP contribution in [0.5, 0.6) is 0 Å². The van der Waals surface area contributed by atoms with Gasteiger partial charge in [-0.2, -0.15) is 0 Å². The molecule has 26 heavy (non-hydrogen) atoms. The monoisotopic (exact) mass is 360 g/mol. The molecular weight excluding hydrogens is 340 g/mol. The highest BCUT2D eigenvalue weighted by molar-refractivity contribution is 6.22. The molecule has 0 unspecified atom stereocenters. The summed E-state index contributed by atoms with van der Waals surface area (Å²) in [5, 5.41) is 0. The molecular formula is C18H20N2O6. The number of amides is 3. The number of nitrogens with zero attached hydrogens (tertiary/aromatic N) is 2. The Morgan fingerprint density at radius 2 is 1.62 bits per heavy atom. The molecule has 0 saturated carbocycles. The van der Waals surface area contributed by atoms with Crippen LogP contribution in [0, 0.1) is 0 Å². The molecule has 2 heterocycles. The maximum Gasteiger partial charge on any atom is 0.326 e. The number of fused-ring (bicyclic) bond motifs is 1. The second kappa shape index (κ2) is 7.25. The minimum Gasteiger partial charge on any atom is -0.454 e. The van der Waals surface area contributed by atoms with Crippen LogP contribution in [-0.4, -0.2) is 71.9 Å². The van der Waals surface area contributed by atoms with Gasteiger partial charge in [0.05, 0.1) is 23.3 Å². The van der Waals surface area contributed by atoms with E-state index in [0.29, 0.717) is 13.1 Å². The van der Waals surface area contributed by atoms with Gasteiger partial charge in [0, 0.05) is 13.1 Å². The number of carbonyl (C=O) groups is 4. The zero-order valence-electron chi connectivity index (χ0n) is 14.6. The summed E-state index contributed by atoms with van der Waals surface area (Å²) in [6.45, 7) is 3.64. The quantitative estimate of drug-likeness (QED) is 0.572. The molecule has 2 atom stereocenters. The van der Waals surface area contributed by atoms with E-state index in [2.05, 4.69) is 0 Å². The Balaban J connectivity index is 1.53. The summed E-state index contributed by atoms with van der Waals surface area (Å²) in [4.78, 5) is 51.0. The topological polar surface area (TPSA) is 93.2 Å². The van der Waals surface area contributed by atoms with Gasteiger partial charge in [-0.3, -0.25) is 24.1 Å². The van der Waals surface area contributed by atoms with Crippen LogP contribution >= 0.6 is 0 Å². The lowest BCUT2D eigenvalue weighted by atomic mass is 10.1. The first-order chi connectivity index (χ1) is 12.4. The molecule has 0 N–H and O–H groups in total. The summed E-state index contributed by atoms with van der Waals surface area (Å²) in [7, 11) is 0. The van der Waals surface area contributed by atoms with Crippen LogP contribution < -0.4 is 0 Å². The Labute approximate surface area is 150 Å². The van der Waals surface area contributed by atoms with Crippen LogP contribution in [0.1, 0.15) is 34.6 Å². The first kappa shape index (κ1) is 18.1. The summed E-state index contributed by atoms with van der Waals surface area (Å²) >= 11 is 0. The van der Waals surface area contributed by atoms with Crippen molar-refractivity contribution in [3.8, 4) is 0 Å². The van der Waals surface area contributed by atoms with Gasteiger partial charge in [0.15, 0.2) is 6.61 Å². The molecule has 2 aliphatic heterocycles. The number of imide groups is 1. The van der Waals surface area contributed by atoms with Gasteiger partial charge in [0.2, 0.25) is 0 Å². The van der Waals surface area contributed by atoms with Crippen LogP contribution in [0.4, 0.5) is 0 Å². The van der Waals surface area contributed by atoms with Gasteiger partial charge in [0.1, 0.15) is 6.54 Å². The van der Waals surface area contributed by atoms with E-state index in [4.69, 9.17) is 9.47 Å². The molecule has 1 aromatic carbocycles. The van der Waals surface area contributed by atoms with Gasteiger partial charge in [-0.15, -0.1) is 0 Å². The number of esters is 1. The van der Waals surface area contributed by atoms with Crippen molar-refractivity contribution in [1.82, 2.24) is 9.80 Å². The molecule has 0 aliphatic carbocycles. The molecule has 8 heteroatoms. The maximum atomic E-state index is 12.2. The Morgan fingerprint density at radius 1 is 1.08 bits per heavy atom. The van der Waals surface area contributed by atoms with Crippen molar-refractivity contribution >= 4 is 23.7 Å². The Morgan fingerprint density at radius 3 is 2.15 bits per heavy atom. The van der Waals surface area contributed by atoms with Crippen molar-refractivity contribution in [3.63, 3.8) is 0 Å². The summed E-state index contributed by atoms with van der Waals surface area (Å²) in [5.74, 6) is -2.21. The van der Waals surface area contributed by atoms with Crippen LogP contribution in [-0.2, 0) is 19.1 Å². The lowest BCUT2D eigenvalue weighted by Crippen LogP contribution is -2.49. The average molecular weight is 360 g/mol. The minimum absolute atomic E-state index is 0.0863. The number of ether oxygens (including phenoxy) is 2. The smallest absolute Gasteiger partial charge is 0.326 e. The lowest BCUT2D eigenvalue weighted by molar-refractivity contribution is -0.157. The molecule has 0 bridgehead atoms. The number of carbonyl (C=O) groups excluding carboxylic acids is 4. The van der Waals surface area contributed by atoms with Gasteiger partial charge >= 0.3 is 5.97 Å². The number of hydrogen-bond acceptors (Lipinski definition) is 6. The number of hydrogen-bond donors (Lipinski definition) is 0. The fraction of sp³-hybridized carbons (Fsp3) is 0.444. The standard InChI is InChI=1S/C18H20N2O6/c1-11-7-19(8-12(2)26-11)15(21)10-25-16(22)9-20-17(23)13-5-3-4-6-14(13)18(20)24/h3-6,11-12H,7-10H2,1-2H3/t11-,12-/m1/s1. The summed E-state index contributed by atoms with van der Waals surface area (Å²) < 4.78 is 10.5. The highest BCUT2D eigenvalue weighted by atomic mass is 16.5. The molecule has 0 spiro atoms. The summed E-state index contributed by atoms with van der Waals surface area (Å²) in [5.41, 5.74) is 0.523. The molecule has 3 rings (SSSR count). The molecule has 8 nitrogen and oxygen atoms in total. The van der Waals surface area contributed by atoms with E-state index in [9.17, 15) is 19.2 Å². The summed E-state index contributed by atoms with van der Waals surface area (Å²) in [6, 6.07) is 6.36. The van der Waals surface area contributed by atoms with E-state index < -0.39 is 30.9 Å². The van der Waals surface area contributed by atoms with Gasteiger partial charge in [-0.1, -0.05) is 12.1 Å². The van der Waals surface area contributed by atoms with E-state index in [1.54, 1.807) is 17.0 Å². The van der Waals surface area contributed by atoms with E-state index in [1.807, 2.05) is 13.8 Å². The minimum atomic E-state index is -0.804. The molecule has 1 saturated heterocycles. The average Bonchev–Trinajstić information content (AvgIpc) is 2.84. The second-order valence-corrected chi connectivity index (χ2v) is 6.46. The van der Waals surface area contributed by atoms with E-state index in [-0.39, 0.29) is 29.2 Å². The number of rotatable bonds is 4. The predicted molar refractivity (Wildman–Crippen MR) is 89.4 cm³/mol. The van der Waals surface area contributed by atoms with Gasteiger partial charge in [-0.05, 0) is 26.0 Å². The maximum absolute atomic E-state index is 12.2. The number of morpholine rings is 1. The third-order valence-electron chi connectivity index (χ3n) is 4.29. The first-order valence-electron chi connectivity index (χ1n) is 8.41. The van der Waals surface area contributed by atoms with Crippen molar-refractivity contribution in [2.24, 2.45) is 0 Å². The Bertz CT molecular complexity index is 717. The van der Waals surface area contributed by atoms with E-state index >= 15 is 0 Å². The fourth-order valence-electron chi connectivity index (χ4n) is 3.17. The van der Waals surface area contributed by atoms with Crippen LogP contribution in [0.25, 0.3) is 0 Å². The van der Waals surface area contributed by atoms with Crippen molar-refractivity contribution < 1.29 is 28.7 Å². The molecule has 3 amide bonds. The largest absolute Gasteiger partial charge is 0.454 e. The molecule has 0 radical (unpaired) electrons. The van der Waals surface area contributed by atoms with Crippen LogP contribution in [0.15, 0.2) is 24.3 Å². The van der Waals surface area contributed by atoms with Crippen molar-refractivity contribution in [2.45, 2.75) is 26.1 Å². The predicted octanol–water partition coefficient (Wildman–Crippen LogP) is 0.462. The zero-order chi connectivity index (χ0) is 18.8. The normalized spacial score (nSPS) is 22.4. The van der Waals surface area contributed by atoms with Crippen LogP contribution in [0.2, 0.25) is 0 Å².